The number of carboxylic acid groups (broad SMARTS) is 1. The molecule has 0 heterocycles. The Labute approximate surface area is 113 Å². The SMILES string of the molecule is CCOc1ccccc1OCCN(C)CCC(=O)O. The topological polar surface area (TPSA) is 59.0 Å². The number of para-hydroxylation sites is 2. The number of rotatable bonds is 9. The van der Waals surface area contributed by atoms with E-state index in [0.29, 0.717) is 26.3 Å². The molecule has 0 aliphatic carbocycles. The molecule has 0 radical (unpaired) electrons. The lowest BCUT2D eigenvalue weighted by Gasteiger charge is -2.17. The second-order valence-electron chi connectivity index (χ2n) is 4.18. The van der Waals surface area contributed by atoms with Crippen LogP contribution in [0.4, 0.5) is 0 Å². The maximum absolute atomic E-state index is 10.4. The fraction of sp³-hybridized carbons (Fsp3) is 0.500. The van der Waals surface area contributed by atoms with E-state index in [9.17, 15) is 4.79 Å². The summed E-state index contributed by atoms with van der Waals surface area (Å²) in [5.74, 6) is 0.670. The molecule has 106 valence electrons. The van der Waals surface area contributed by atoms with Crippen molar-refractivity contribution in [3.63, 3.8) is 0 Å². The van der Waals surface area contributed by atoms with Crippen LogP contribution in [0.25, 0.3) is 0 Å². The number of carbonyl (C=O) groups is 1. The molecule has 0 saturated carbocycles. The lowest BCUT2D eigenvalue weighted by atomic mass is 10.3. The molecule has 0 saturated heterocycles. The average Bonchev–Trinajstić information content (AvgIpc) is 2.39. The Kier molecular flexibility index (Phi) is 6.74. The van der Waals surface area contributed by atoms with Crippen LogP contribution in [0.1, 0.15) is 13.3 Å². The molecule has 0 aliphatic rings. The monoisotopic (exact) mass is 267 g/mol. The summed E-state index contributed by atoms with van der Waals surface area (Å²) in [4.78, 5) is 12.4. The highest BCUT2D eigenvalue weighted by molar-refractivity contribution is 5.66. The van der Waals surface area contributed by atoms with Gasteiger partial charge >= 0.3 is 5.97 Å². The Morgan fingerprint density at radius 1 is 1.21 bits per heavy atom. The molecule has 1 N–H and O–H groups in total. The van der Waals surface area contributed by atoms with E-state index >= 15 is 0 Å². The summed E-state index contributed by atoms with van der Waals surface area (Å²) in [7, 11) is 1.88. The van der Waals surface area contributed by atoms with Crippen molar-refractivity contribution >= 4 is 5.97 Å². The number of likely N-dealkylation sites (N-methyl/N-ethyl adjacent to an activating group) is 1. The second-order valence-corrected chi connectivity index (χ2v) is 4.18. The number of hydrogen-bond donors (Lipinski definition) is 1. The third-order valence-electron chi connectivity index (χ3n) is 2.59. The van der Waals surface area contributed by atoms with Gasteiger partial charge in [-0.25, -0.2) is 0 Å². The van der Waals surface area contributed by atoms with Gasteiger partial charge in [-0.15, -0.1) is 0 Å². The summed E-state index contributed by atoms with van der Waals surface area (Å²) < 4.78 is 11.1. The largest absolute Gasteiger partial charge is 0.490 e. The van der Waals surface area contributed by atoms with Gasteiger partial charge in [-0.1, -0.05) is 12.1 Å². The van der Waals surface area contributed by atoms with Gasteiger partial charge in [-0.3, -0.25) is 4.79 Å². The summed E-state index contributed by atoms with van der Waals surface area (Å²) in [6.45, 7) is 4.22. The summed E-state index contributed by atoms with van der Waals surface area (Å²) >= 11 is 0. The molecular weight excluding hydrogens is 246 g/mol. The van der Waals surface area contributed by atoms with E-state index in [-0.39, 0.29) is 6.42 Å². The number of aliphatic carboxylic acids is 1. The zero-order chi connectivity index (χ0) is 14.1. The van der Waals surface area contributed by atoms with E-state index in [1.807, 2.05) is 43.1 Å². The minimum atomic E-state index is -0.783. The number of nitrogens with zero attached hydrogens (tertiary/aromatic N) is 1. The lowest BCUT2D eigenvalue weighted by molar-refractivity contribution is -0.137. The fourth-order valence-electron chi connectivity index (χ4n) is 1.55. The van der Waals surface area contributed by atoms with Gasteiger partial charge in [0.2, 0.25) is 0 Å². The maximum atomic E-state index is 10.4. The van der Waals surface area contributed by atoms with E-state index in [4.69, 9.17) is 14.6 Å². The van der Waals surface area contributed by atoms with Crippen molar-refractivity contribution in [1.29, 1.82) is 0 Å². The second kappa shape index (κ2) is 8.37. The van der Waals surface area contributed by atoms with E-state index in [1.165, 1.54) is 0 Å². The minimum Gasteiger partial charge on any atom is -0.490 e. The van der Waals surface area contributed by atoms with Crippen LogP contribution in [0.2, 0.25) is 0 Å². The van der Waals surface area contributed by atoms with Gasteiger partial charge in [-0.2, -0.15) is 0 Å². The van der Waals surface area contributed by atoms with Gasteiger partial charge in [0.1, 0.15) is 6.61 Å². The molecule has 5 heteroatoms. The molecule has 0 unspecified atom stereocenters. The molecule has 0 amide bonds. The molecule has 0 spiro atoms. The highest BCUT2D eigenvalue weighted by atomic mass is 16.5. The zero-order valence-corrected chi connectivity index (χ0v) is 11.5. The van der Waals surface area contributed by atoms with Crippen LogP contribution in [0.5, 0.6) is 11.5 Å². The van der Waals surface area contributed by atoms with E-state index < -0.39 is 5.97 Å². The van der Waals surface area contributed by atoms with E-state index in [1.54, 1.807) is 0 Å². The molecule has 1 rings (SSSR count). The number of carboxylic acids is 1. The Morgan fingerprint density at radius 3 is 2.42 bits per heavy atom. The molecule has 19 heavy (non-hydrogen) atoms. The molecular formula is C14H21NO4. The van der Waals surface area contributed by atoms with Crippen LogP contribution in [-0.4, -0.2) is 49.3 Å². The van der Waals surface area contributed by atoms with Crippen molar-refractivity contribution in [3.8, 4) is 11.5 Å². The Balaban J connectivity index is 2.34. The smallest absolute Gasteiger partial charge is 0.304 e. The minimum absolute atomic E-state index is 0.145. The van der Waals surface area contributed by atoms with Crippen molar-refractivity contribution in [2.24, 2.45) is 0 Å². The quantitative estimate of drug-likeness (QED) is 0.740. The Hall–Kier alpha value is -1.75. The predicted molar refractivity (Wildman–Crippen MR) is 72.9 cm³/mol. The van der Waals surface area contributed by atoms with Crippen molar-refractivity contribution in [3.05, 3.63) is 24.3 Å². The van der Waals surface area contributed by atoms with Crippen LogP contribution < -0.4 is 9.47 Å². The summed E-state index contributed by atoms with van der Waals surface area (Å²) in [5, 5.41) is 8.59. The highest BCUT2D eigenvalue weighted by Gasteiger charge is 2.05. The molecule has 0 fully saturated rings. The lowest BCUT2D eigenvalue weighted by Crippen LogP contribution is -2.26. The first-order valence-corrected chi connectivity index (χ1v) is 6.38. The molecule has 1 aromatic carbocycles. The van der Waals surface area contributed by atoms with Gasteiger partial charge in [0, 0.05) is 13.1 Å². The average molecular weight is 267 g/mol. The van der Waals surface area contributed by atoms with Crippen LogP contribution >= 0.6 is 0 Å². The summed E-state index contributed by atoms with van der Waals surface area (Å²) in [6.07, 6.45) is 0.145. The first-order chi connectivity index (χ1) is 9.13. The van der Waals surface area contributed by atoms with Gasteiger partial charge < -0.3 is 19.5 Å². The molecule has 5 nitrogen and oxygen atoms in total. The number of benzene rings is 1. The fourth-order valence-corrected chi connectivity index (χ4v) is 1.55. The molecule has 0 bridgehead atoms. The summed E-state index contributed by atoms with van der Waals surface area (Å²) in [6, 6.07) is 7.53. The predicted octanol–water partition coefficient (Wildman–Crippen LogP) is 1.87. The number of ether oxygens (including phenoxy) is 2. The third kappa shape index (κ3) is 6.10. The normalized spacial score (nSPS) is 10.5. The van der Waals surface area contributed by atoms with Crippen LogP contribution in [0.15, 0.2) is 24.3 Å². The Morgan fingerprint density at radius 2 is 1.84 bits per heavy atom. The summed E-state index contributed by atoms with van der Waals surface area (Å²) in [5.41, 5.74) is 0. The van der Waals surface area contributed by atoms with Crippen molar-refractivity contribution in [1.82, 2.24) is 4.90 Å². The van der Waals surface area contributed by atoms with Crippen LogP contribution in [0, 0.1) is 0 Å². The van der Waals surface area contributed by atoms with Crippen molar-refractivity contribution in [2.45, 2.75) is 13.3 Å². The Bertz CT molecular complexity index is 395. The molecule has 1 aromatic rings. The van der Waals surface area contributed by atoms with Gasteiger partial charge in [0.25, 0.3) is 0 Å². The van der Waals surface area contributed by atoms with Gasteiger partial charge in [0.15, 0.2) is 11.5 Å². The van der Waals surface area contributed by atoms with Crippen molar-refractivity contribution in [2.75, 3.05) is 33.4 Å². The first kappa shape index (κ1) is 15.3. The molecule has 0 atom stereocenters. The highest BCUT2D eigenvalue weighted by Crippen LogP contribution is 2.26. The van der Waals surface area contributed by atoms with Gasteiger partial charge in [0.05, 0.1) is 13.0 Å². The van der Waals surface area contributed by atoms with Crippen molar-refractivity contribution < 1.29 is 19.4 Å². The maximum Gasteiger partial charge on any atom is 0.304 e. The zero-order valence-electron chi connectivity index (χ0n) is 11.5. The van der Waals surface area contributed by atoms with Gasteiger partial charge in [-0.05, 0) is 26.1 Å². The van der Waals surface area contributed by atoms with Crippen LogP contribution in [-0.2, 0) is 4.79 Å². The molecule has 0 aliphatic heterocycles. The van der Waals surface area contributed by atoms with Crippen LogP contribution in [0.3, 0.4) is 0 Å². The number of hydrogen-bond acceptors (Lipinski definition) is 4. The van der Waals surface area contributed by atoms with E-state index in [0.717, 1.165) is 11.5 Å². The third-order valence-corrected chi connectivity index (χ3v) is 2.59. The first-order valence-electron chi connectivity index (χ1n) is 6.38. The standard InChI is InChI=1S/C14H21NO4/c1-3-18-12-6-4-5-7-13(12)19-11-10-15(2)9-8-14(16)17/h4-7H,3,8-11H2,1-2H3,(H,16,17). The molecule has 0 aromatic heterocycles. The van der Waals surface area contributed by atoms with E-state index in [2.05, 4.69) is 0 Å².